The van der Waals surface area contributed by atoms with Crippen molar-refractivity contribution >= 4 is 17.3 Å². The highest BCUT2D eigenvalue weighted by Crippen LogP contribution is 2.29. The Morgan fingerprint density at radius 3 is 2.63 bits per heavy atom. The molecule has 1 aromatic carbocycles. The van der Waals surface area contributed by atoms with Gasteiger partial charge in [0.15, 0.2) is 0 Å². The fraction of sp³-hybridized carbons (Fsp3) is 0.500. The largest absolute Gasteiger partial charge is 0.495 e. The maximum atomic E-state index is 8.59. The second-order valence-corrected chi connectivity index (χ2v) is 4.96. The normalized spacial score (nSPS) is 16.2. The molecule has 1 aliphatic heterocycles. The van der Waals surface area contributed by atoms with Gasteiger partial charge in [-0.2, -0.15) is 5.26 Å². The smallest absolute Gasteiger partial charge is 0.137 e. The summed E-state index contributed by atoms with van der Waals surface area (Å²) >= 11 is 6.15. The molecule has 2 rings (SSSR count). The number of rotatable bonds is 4. The average molecular weight is 280 g/mol. The number of anilines is 1. The van der Waals surface area contributed by atoms with Crippen LogP contribution in [0.2, 0.25) is 5.02 Å². The molecule has 0 aromatic heterocycles. The summed E-state index contributed by atoms with van der Waals surface area (Å²) in [4.78, 5) is 4.64. The number of nitrogens with zero attached hydrogens (tertiary/aromatic N) is 3. The molecule has 0 spiro atoms. The Labute approximate surface area is 119 Å². The van der Waals surface area contributed by atoms with Crippen LogP contribution in [0.4, 0.5) is 5.69 Å². The average Bonchev–Trinajstić information content (AvgIpc) is 2.45. The molecule has 0 amide bonds. The van der Waals surface area contributed by atoms with Crippen LogP contribution in [0.3, 0.4) is 0 Å². The third-order valence-electron chi connectivity index (χ3n) is 3.41. The van der Waals surface area contributed by atoms with Crippen LogP contribution in [0.1, 0.15) is 6.42 Å². The number of methoxy groups -OCH3 is 1. The fourth-order valence-electron chi connectivity index (χ4n) is 2.29. The van der Waals surface area contributed by atoms with Gasteiger partial charge in [0.25, 0.3) is 0 Å². The van der Waals surface area contributed by atoms with Crippen LogP contribution in [0.5, 0.6) is 5.75 Å². The highest BCUT2D eigenvalue weighted by Gasteiger charge is 2.17. The first-order valence-electron chi connectivity index (χ1n) is 6.42. The molecule has 0 saturated carbocycles. The van der Waals surface area contributed by atoms with Crippen molar-refractivity contribution in [1.29, 1.82) is 5.26 Å². The molecule has 19 heavy (non-hydrogen) atoms. The van der Waals surface area contributed by atoms with Gasteiger partial charge in [0.2, 0.25) is 0 Å². The number of halogens is 1. The van der Waals surface area contributed by atoms with Crippen LogP contribution in [0.15, 0.2) is 18.2 Å². The van der Waals surface area contributed by atoms with E-state index in [4.69, 9.17) is 21.6 Å². The molecule has 0 atom stereocenters. The predicted molar refractivity (Wildman–Crippen MR) is 76.9 cm³/mol. The first-order chi connectivity index (χ1) is 9.24. The minimum Gasteiger partial charge on any atom is -0.495 e. The fourth-order valence-corrected chi connectivity index (χ4v) is 2.54. The molecule has 0 radical (unpaired) electrons. The highest BCUT2D eigenvalue weighted by molar-refractivity contribution is 6.32. The van der Waals surface area contributed by atoms with Crippen molar-refractivity contribution in [2.75, 3.05) is 44.7 Å². The SMILES string of the molecule is COc1ccc(N2CCN(CCC#N)CC2)cc1Cl. The monoisotopic (exact) mass is 279 g/mol. The van der Waals surface area contributed by atoms with E-state index >= 15 is 0 Å². The van der Waals surface area contributed by atoms with Crippen LogP contribution in [0.25, 0.3) is 0 Å². The zero-order valence-corrected chi connectivity index (χ0v) is 11.9. The van der Waals surface area contributed by atoms with Gasteiger partial charge >= 0.3 is 0 Å². The van der Waals surface area contributed by atoms with Crippen molar-refractivity contribution < 1.29 is 4.74 Å². The summed E-state index contributed by atoms with van der Waals surface area (Å²) in [6.45, 7) is 4.78. The van der Waals surface area contributed by atoms with E-state index in [-0.39, 0.29) is 0 Å². The molecule has 5 heteroatoms. The summed E-state index contributed by atoms with van der Waals surface area (Å²) in [6, 6.07) is 8.08. The molecule has 1 aromatic rings. The lowest BCUT2D eigenvalue weighted by atomic mass is 10.2. The summed E-state index contributed by atoms with van der Waals surface area (Å²) in [5.41, 5.74) is 1.13. The van der Waals surface area contributed by atoms with E-state index in [1.807, 2.05) is 18.2 Å². The predicted octanol–water partition coefficient (Wildman–Crippen LogP) is 2.38. The van der Waals surface area contributed by atoms with E-state index in [0.29, 0.717) is 17.2 Å². The molecular formula is C14H18ClN3O. The number of hydrogen-bond donors (Lipinski definition) is 0. The molecule has 1 aliphatic rings. The molecule has 1 heterocycles. The summed E-state index contributed by atoms with van der Waals surface area (Å²) in [5.74, 6) is 0.707. The van der Waals surface area contributed by atoms with E-state index in [0.717, 1.165) is 38.4 Å². The van der Waals surface area contributed by atoms with Crippen LogP contribution < -0.4 is 9.64 Å². The van der Waals surface area contributed by atoms with Gasteiger partial charge in [0.1, 0.15) is 5.75 Å². The van der Waals surface area contributed by atoms with Gasteiger partial charge in [-0.25, -0.2) is 0 Å². The van der Waals surface area contributed by atoms with Gasteiger partial charge in [-0.05, 0) is 18.2 Å². The second kappa shape index (κ2) is 6.65. The Morgan fingerprint density at radius 1 is 1.32 bits per heavy atom. The summed E-state index contributed by atoms with van der Waals surface area (Å²) in [6.07, 6.45) is 0.606. The Morgan fingerprint density at radius 2 is 2.05 bits per heavy atom. The number of ether oxygens (including phenoxy) is 1. The minimum absolute atomic E-state index is 0.606. The van der Waals surface area contributed by atoms with Crippen molar-refractivity contribution in [3.05, 3.63) is 23.2 Å². The van der Waals surface area contributed by atoms with Gasteiger partial charge in [0.05, 0.1) is 18.2 Å². The summed E-state index contributed by atoms with van der Waals surface area (Å²) < 4.78 is 5.16. The van der Waals surface area contributed by atoms with E-state index < -0.39 is 0 Å². The van der Waals surface area contributed by atoms with Gasteiger partial charge in [-0.1, -0.05) is 11.6 Å². The van der Waals surface area contributed by atoms with Crippen LogP contribution in [-0.2, 0) is 0 Å². The summed E-state index contributed by atoms with van der Waals surface area (Å²) in [7, 11) is 1.62. The third-order valence-corrected chi connectivity index (χ3v) is 3.71. The van der Waals surface area contributed by atoms with Gasteiger partial charge < -0.3 is 9.64 Å². The maximum Gasteiger partial charge on any atom is 0.137 e. The quantitative estimate of drug-likeness (QED) is 0.848. The van der Waals surface area contributed by atoms with Gasteiger partial charge in [-0.15, -0.1) is 0 Å². The lowest BCUT2D eigenvalue weighted by Crippen LogP contribution is -2.46. The summed E-state index contributed by atoms with van der Waals surface area (Å²) in [5, 5.41) is 9.24. The number of hydrogen-bond acceptors (Lipinski definition) is 4. The molecule has 102 valence electrons. The zero-order valence-electron chi connectivity index (χ0n) is 11.1. The van der Waals surface area contributed by atoms with Gasteiger partial charge in [-0.3, -0.25) is 4.90 Å². The van der Waals surface area contributed by atoms with Crippen LogP contribution in [-0.4, -0.2) is 44.7 Å². The molecular weight excluding hydrogens is 262 g/mol. The zero-order chi connectivity index (χ0) is 13.7. The van der Waals surface area contributed by atoms with E-state index in [1.165, 1.54) is 0 Å². The van der Waals surface area contributed by atoms with E-state index in [1.54, 1.807) is 7.11 Å². The standard InChI is InChI=1S/C14H18ClN3O/c1-19-14-4-3-12(11-13(14)15)18-9-7-17(8-10-18)6-2-5-16/h3-4,11H,2,6-10H2,1H3. The maximum absolute atomic E-state index is 8.59. The van der Waals surface area contributed by atoms with Crippen molar-refractivity contribution in [1.82, 2.24) is 4.90 Å². The molecule has 0 bridgehead atoms. The molecule has 4 nitrogen and oxygen atoms in total. The van der Waals surface area contributed by atoms with Crippen LogP contribution >= 0.6 is 11.6 Å². The first-order valence-corrected chi connectivity index (χ1v) is 6.80. The third kappa shape index (κ3) is 3.52. The topological polar surface area (TPSA) is 39.5 Å². The van der Waals surface area contributed by atoms with Crippen molar-refractivity contribution in [2.24, 2.45) is 0 Å². The molecule has 0 aliphatic carbocycles. The Balaban J connectivity index is 1.94. The second-order valence-electron chi connectivity index (χ2n) is 4.56. The minimum atomic E-state index is 0.606. The molecule has 1 saturated heterocycles. The lowest BCUT2D eigenvalue weighted by Gasteiger charge is -2.35. The van der Waals surface area contributed by atoms with E-state index in [9.17, 15) is 0 Å². The van der Waals surface area contributed by atoms with Crippen molar-refractivity contribution in [2.45, 2.75) is 6.42 Å². The number of nitriles is 1. The Kier molecular flexibility index (Phi) is 4.89. The van der Waals surface area contributed by atoms with Crippen LogP contribution in [0, 0.1) is 11.3 Å². The number of piperazine rings is 1. The molecule has 1 fully saturated rings. The van der Waals surface area contributed by atoms with E-state index in [2.05, 4.69) is 15.9 Å². The number of benzene rings is 1. The first kappa shape index (κ1) is 14.0. The Bertz CT molecular complexity index is 464. The lowest BCUT2D eigenvalue weighted by molar-refractivity contribution is 0.263. The van der Waals surface area contributed by atoms with Gasteiger partial charge in [0, 0.05) is 44.8 Å². The Hall–Kier alpha value is -1.44. The molecule has 0 N–H and O–H groups in total. The molecule has 0 unspecified atom stereocenters. The highest BCUT2D eigenvalue weighted by atomic mass is 35.5. The van der Waals surface area contributed by atoms with Crippen molar-refractivity contribution in [3.63, 3.8) is 0 Å². The van der Waals surface area contributed by atoms with Crippen molar-refractivity contribution in [3.8, 4) is 11.8 Å².